The molecule has 24 heavy (non-hydrogen) atoms. The van der Waals surface area contributed by atoms with Crippen LogP contribution in [0.25, 0.3) is 6.08 Å². The highest BCUT2D eigenvalue weighted by atomic mass is 19.1. The van der Waals surface area contributed by atoms with Gasteiger partial charge in [0.05, 0.1) is 0 Å². The van der Waals surface area contributed by atoms with Crippen LogP contribution in [0.15, 0.2) is 48.5 Å². The van der Waals surface area contributed by atoms with Crippen molar-refractivity contribution in [3.63, 3.8) is 0 Å². The summed E-state index contributed by atoms with van der Waals surface area (Å²) in [5.41, 5.74) is 2.42. The molecule has 2 rings (SSSR count). The molecular weight excluding hydrogens is 315 g/mol. The highest BCUT2D eigenvalue weighted by molar-refractivity contribution is 5.92. The van der Waals surface area contributed by atoms with Crippen molar-refractivity contribution in [3.8, 4) is 11.5 Å². The first-order valence-electron chi connectivity index (χ1n) is 6.95. The average Bonchev–Trinajstić information content (AvgIpc) is 2.54. The number of nitrogens with one attached hydrogen (secondary N) is 2. The summed E-state index contributed by atoms with van der Waals surface area (Å²) in [5.74, 6) is -0.798. The lowest BCUT2D eigenvalue weighted by Gasteiger charge is -2.11. The van der Waals surface area contributed by atoms with Crippen molar-refractivity contribution in [2.24, 2.45) is 0 Å². The van der Waals surface area contributed by atoms with E-state index in [1.807, 2.05) is 0 Å². The molecule has 0 radical (unpaired) electrons. The number of rotatable bonds is 5. The van der Waals surface area contributed by atoms with Crippen LogP contribution in [-0.2, 0) is 9.59 Å². The number of ether oxygens (including phenoxy) is 1. The lowest BCUT2D eigenvalue weighted by atomic mass is 10.1. The lowest BCUT2D eigenvalue weighted by Crippen LogP contribution is -2.14. The zero-order chi connectivity index (χ0) is 17.5. The molecule has 0 aliphatic rings. The zero-order valence-electron chi connectivity index (χ0n) is 12.7. The van der Waals surface area contributed by atoms with Gasteiger partial charge in [-0.05, 0) is 36.4 Å². The van der Waals surface area contributed by atoms with Crippen LogP contribution in [0.1, 0.15) is 12.5 Å². The van der Waals surface area contributed by atoms with Crippen molar-refractivity contribution in [2.75, 3.05) is 5.32 Å². The maximum atomic E-state index is 13.3. The zero-order valence-corrected chi connectivity index (χ0v) is 12.7. The normalized spacial score (nSPS) is 10.5. The summed E-state index contributed by atoms with van der Waals surface area (Å²) in [5, 5.41) is 11.1. The fourth-order valence-electron chi connectivity index (χ4n) is 1.91. The first-order valence-corrected chi connectivity index (χ1v) is 6.95. The van der Waals surface area contributed by atoms with Gasteiger partial charge in [-0.25, -0.2) is 9.87 Å². The molecule has 2 amide bonds. The molecule has 0 unspecified atom stereocenters. The van der Waals surface area contributed by atoms with Gasteiger partial charge in [0.15, 0.2) is 0 Å². The second kappa shape index (κ2) is 7.89. The SMILES string of the molecule is CC(=O)Nc1ccc(Oc2cccc(F)c2)c(C=CC(=O)NO)c1. The first kappa shape index (κ1) is 17.2. The third-order valence-electron chi connectivity index (χ3n) is 2.88. The fourth-order valence-corrected chi connectivity index (χ4v) is 1.91. The summed E-state index contributed by atoms with van der Waals surface area (Å²) >= 11 is 0. The van der Waals surface area contributed by atoms with Gasteiger partial charge in [0.25, 0.3) is 5.91 Å². The van der Waals surface area contributed by atoms with Crippen LogP contribution in [-0.4, -0.2) is 17.0 Å². The topological polar surface area (TPSA) is 87.7 Å². The molecule has 0 aliphatic carbocycles. The van der Waals surface area contributed by atoms with Gasteiger partial charge in [-0.1, -0.05) is 6.07 Å². The van der Waals surface area contributed by atoms with E-state index in [0.717, 1.165) is 6.08 Å². The minimum Gasteiger partial charge on any atom is -0.457 e. The van der Waals surface area contributed by atoms with Gasteiger partial charge in [0.2, 0.25) is 5.91 Å². The summed E-state index contributed by atoms with van der Waals surface area (Å²) in [6, 6.07) is 10.4. The Morgan fingerprint density at radius 3 is 2.67 bits per heavy atom. The number of hydrogen-bond acceptors (Lipinski definition) is 4. The van der Waals surface area contributed by atoms with Gasteiger partial charge in [0, 0.05) is 30.3 Å². The molecular formula is C17H15FN2O4. The number of carbonyl (C=O) groups excluding carboxylic acids is 2. The molecule has 0 spiro atoms. The fraction of sp³-hybridized carbons (Fsp3) is 0.0588. The number of amides is 2. The smallest absolute Gasteiger partial charge is 0.267 e. The summed E-state index contributed by atoms with van der Waals surface area (Å²) in [7, 11) is 0. The Labute approximate surface area is 137 Å². The monoisotopic (exact) mass is 330 g/mol. The van der Waals surface area contributed by atoms with Crippen LogP contribution in [0, 0.1) is 5.82 Å². The number of anilines is 1. The number of benzene rings is 2. The Kier molecular flexibility index (Phi) is 5.64. The molecule has 6 nitrogen and oxygen atoms in total. The molecule has 0 aliphatic heterocycles. The van der Waals surface area contributed by atoms with Gasteiger partial charge in [0.1, 0.15) is 17.3 Å². The Morgan fingerprint density at radius 2 is 2.00 bits per heavy atom. The second-order valence-electron chi connectivity index (χ2n) is 4.80. The molecule has 0 saturated heterocycles. The third-order valence-corrected chi connectivity index (χ3v) is 2.88. The van der Waals surface area contributed by atoms with E-state index in [1.54, 1.807) is 24.3 Å². The first-order chi connectivity index (χ1) is 11.5. The molecule has 0 heterocycles. The van der Waals surface area contributed by atoms with Crippen molar-refractivity contribution < 1.29 is 23.9 Å². The van der Waals surface area contributed by atoms with E-state index >= 15 is 0 Å². The summed E-state index contributed by atoms with van der Waals surface area (Å²) < 4.78 is 18.9. The standard InChI is InChI=1S/C17H15FN2O4/c1-11(21)19-14-6-7-16(12(9-14)5-8-17(22)20-23)24-15-4-2-3-13(18)10-15/h2-10,23H,1H3,(H,19,21)(H,20,22). The summed E-state index contributed by atoms with van der Waals surface area (Å²) in [6.07, 6.45) is 2.48. The Morgan fingerprint density at radius 1 is 1.21 bits per heavy atom. The minimum atomic E-state index is -0.725. The van der Waals surface area contributed by atoms with Crippen molar-refractivity contribution in [3.05, 3.63) is 59.9 Å². The predicted octanol–water partition coefficient (Wildman–Crippen LogP) is 3.10. The highest BCUT2D eigenvalue weighted by Crippen LogP contribution is 2.29. The van der Waals surface area contributed by atoms with Crippen molar-refractivity contribution in [1.29, 1.82) is 0 Å². The number of hydrogen-bond donors (Lipinski definition) is 3. The minimum absolute atomic E-state index is 0.253. The number of carbonyl (C=O) groups is 2. The molecule has 0 bridgehead atoms. The maximum Gasteiger partial charge on any atom is 0.267 e. The summed E-state index contributed by atoms with van der Waals surface area (Å²) in [4.78, 5) is 22.3. The molecule has 0 atom stereocenters. The van der Waals surface area contributed by atoms with Gasteiger partial charge >= 0.3 is 0 Å². The van der Waals surface area contributed by atoms with E-state index < -0.39 is 11.7 Å². The molecule has 7 heteroatoms. The summed E-state index contributed by atoms with van der Waals surface area (Å²) in [6.45, 7) is 1.37. The van der Waals surface area contributed by atoms with E-state index in [-0.39, 0.29) is 11.7 Å². The van der Waals surface area contributed by atoms with Crippen LogP contribution < -0.4 is 15.5 Å². The van der Waals surface area contributed by atoms with Crippen LogP contribution in [0.4, 0.5) is 10.1 Å². The van der Waals surface area contributed by atoms with Gasteiger partial charge in [-0.3, -0.25) is 14.8 Å². The van der Waals surface area contributed by atoms with Crippen molar-refractivity contribution in [2.45, 2.75) is 6.92 Å². The second-order valence-corrected chi connectivity index (χ2v) is 4.80. The quantitative estimate of drug-likeness (QED) is 0.446. The van der Waals surface area contributed by atoms with E-state index in [4.69, 9.17) is 9.94 Å². The molecule has 0 fully saturated rings. The van der Waals surface area contributed by atoms with Crippen molar-refractivity contribution in [1.82, 2.24) is 5.48 Å². The van der Waals surface area contributed by atoms with E-state index in [1.165, 1.54) is 36.7 Å². The van der Waals surface area contributed by atoms with Crippen LogP contribution in [0.3, 0.4) is 0 Å². The molecule has 2 aromatic carbocycles. The Hall–Kier alpha value is -3.19. The van der Waals surface area contributed by atoms with Crippen LogP contribution >= 0.6 is 0 Å². The van der Waals surface area contributed by atoms with Gasteiger partial charge < -0.3 is 10.1 Å². The average molecular weight is 330 g/mol. The molecule has 2 aromatic rings. The van der Waals surface area contributed by atoms with Crippen LogP contribution in [0.2, 0.25) is 0 Å². The molecule has 0 saturated carbocycles. The number of hydroxylamine groups is 1. The largest absolute Gasteiger partial charge is 0.457 e. The van der Waals surface area contributed by atoms with Gasteiger partial charge in [-0.15, -0.1) is 0 Å². The lowest BCUT2D eigenvalue weighted by molar-refractivity contribution is -0.124. The number of halogens is 1. The maximum absolute atomic E-state index is 13.3. The molecule has 3 N–H and O–H groups in total. The van der Waals surface area contributed by atoms with E-state index in [0.29, 0.717) is 17.0 Å². The van der Waals surface area contributed by atoms with Crippen LogP contribution in [0.5, 0.6) is 11.5 Å². The predicted molar refractivity (Wildman–Crippen MR) is 86.2 cm³/mol. The van der Waals surface area contributed by atoms with E-state index in [2.05, 4.69) is 5.32 Å². The molecule has 0 aromatic heterocycles. The van der Waals surface area contributed by atoms with Crippen molar-refractivity contribution >= 4 is 23.6 Å². The van der Waals surface area contributed by atoms with E-state index in [9.17, 15) is 14.0 Å². The Balaban J connectivity index is 2.35. The third kappa shape index (κ3) is 4.92. The molecule has 124 valence electrons. The van der Waals surface area contributed by atoms with Gasteiger partial charge in [-0.2, -0.15) is 0 Å². The Bertz CT molecular complexity index is 790. The highest BCUT2D eigenvalue weighted by Gasteiger charge is 2.07.